The summed E-state index contributed by atoms with van der Waals surface area (Å²) in [5, 5.41) is 0. The molecule has 3 rings (SSSR count). The van der Waals surface area contributed by atoms with Crippen LogP contribution in [-0.2, 0) is 14.3 Å². The minimum absolute atomic E-state index is 0.0131. The van der Waals surface area contributed by atoms with Gasteiger partial charge in [-0.05, 0) is 31.5 Å². The summed E-state index contributed by atoms with van der Waals surface area (Å²) >= 11 is 1.73. The van der Waals surface area contributed by atoms with Gasteiger partial charge in [-0.25, -0.2) is 0 Å². The number of thioether (sulfide) groups is 1. The van der Waals surface area contributed by atoms with Gasteiger partial charge < -0.3 is 9.64 Å². The van der Waals surface area contributed by atoms with Gasteiger partial charge in [-0.15, -0.1) is 11.8 Å². The van der Waals surface area contributed by atoms with Gasteiger partial charge in [-0.3, -0.25) is 9.59 Å². The summed E-state index contributed by atoms with van der Waals surface area (Å²) in [5.74, 6) is 0.179. The summed E-state index contributed by atoms with van der Waals surface area (Å²) in [7, 11) is 0. The van der Waals surface area contributed by atoms with E-state index in [9.17, 15) is 9.59 Å². The first kappa shape index (κ1) is 19.5. The summed E-state index contributed by atoms with van der Waals surface area (Å²) < 4.78 is 5.34. The molecule has 5 heteroatoms. The normalized spacial score (nSPS) is 21.3. The molecule has 2 aromatic carbocycles. The average Bonchev–Trinajstić information content (AvgIpc) is 2.65. The SMILES string of the molecule is CC(=O)O[C@@H](C)[C@H]1C(=O)N([C@@H](C)c2ccccc2)[C@@H]1CSc1ccccc1. The number of β-lactam (4-membered cyclic amide) rings is 1. The maximum Gasteiger partial charge on any atom is 0.302 e. The molecule has 1 amide bonds. The summed E-state index contributed by atoms with van der Waals surface area (Å²) in [6.45, 7) is 5.26. The summed E-state index contributed by atoms with van der Waals surface area (Å²) in [5.41, 5.74) is 1.11. The number of likely N-dealkylation sites (tertiary alicyclic amines) is 1. The number of hydrogen-bond acceptors (Lipinski definition) is 4. The standard InChI is InChI=1S/C22H25NO3S/c1-15(18-10-6-4-7-11-18)23-20(14-27-19-12-8-5-9-13-19)21(22(23)25)16(2)26-17(3)24/h4-13,15-16,20-21H,14H2,1-3H3/t15-,16-,20+,21+/m0/s1. The fraction of sp³-hybridized carbons (Fsp3) is 0.364. The number of hydrogen-bond donors (Lipinski definition) is 0. The fourth-order valence-electron chi connectivity index (χ4n) is 3.69. The third-order valence-electron chi connectivity index (χ3n) is 5.03. The molecule has 0 unspecified atom stereocenters. The van der Waals surface area contributed by atoms with Crippen molar-refractivity contribution in [2.24, 2.45) is 5.92 Å². The smallest absolute Gasteiger partial charge is 0.302 e. The number of nitrogens with zero attached hydrogens (tertiary/aromatic N) is 1. The van der Waals surface area contributed by atoms with Crippen LogP contribution in [0.3, 0.4) is 0 Å². The van der Waals surface area contributed by atoms with E-state index in [0.29, 0.717) is 0 Å². The zero-order valence-corrected chi connectivity index (χ0v) is 16.7. The molecule has 142 valence electrons. The Hall–Kier alpha value is -2.27. The largest absolute Gasteiger partial charge is 0.462 e. The van der Waals surface area contributed by atoms with E-state index in [-0.39, 0.29) is 29.9 Å². The Morgan fingerprint density at radius 2 is 1.67 bits per heavy atom. The third-order valence-corrected chi connectivity index (χ3v) is 6.15. The first-order valence-corrected chi connectivity index (χ1v) is 10.2. The molecule has 1 aliphatic rings. The van der Waals surface area contributed by atoms with Crippen molar-refractivity contribution < 1.29 is 14.3 Å². The molecule has 2 aromatic rings. The molecule has 0 radical (unpaired) electrons. The van der Waals surface area contributed by atoms with Crippen LogP contribution in [0.15, 0.2) is 65.6 Å². The monoisotopic (exact) mass is 383 g/mol. The van der Waals surface area contributed by atoms with Crippen LogP contribution >= 0.6 is 11.8 Å². The van der Waals surface area contributed by atoms with Gasteiger partial charge in [0.05, 0.1) is 18.0 Å². The van der Waals surface area contributed by atoms with Gasteiger partial charge in [0, 0.05) is 17.6 Å². The lowest BCUT2D eigenvalue weighted by Gasteiger charge is -2.52. The van der Waals surface area contributed by atoms with Gasteiger partial charge in [0.2, 0.25) is 5.91 Å². The molecular weight excluding hydrogens is 358 g/mol. The molecule has 1 saturated heterocycles. The van der Waals surface area contributed by atoms with E-state index in [4.69, 9.17) is 4.74 Å². The first-order valence-electron chi connectivity index (χ1n) is 9.21. The molecule has 4 nitrogen and oxygen atoms in total. The van der Waals surface area contributed by atoms with Crippen LogP contribution < -0.4 is 0 Å². The van der Waals surface area contributed by atoms with E-state index in [0.717, 1.165) is 11.3 Å². The second-order valence-corrected chi connectivity index (χ2v) is 7.96. The molecule has 1 fully saturated rings. The highest BCUT2D eigenvalue weighted by atomic mass is 32.2. The lowest BCUT2D eigenvalue weighted by Crippen LogP contribution is -2.66. The second-order valence-electron chi connectivity index (χ2n) is 6.86. The van der Waals surface area contributed by atoms with Crippen LogP contribution in [0.4, 0.5) is 0 Å². The van der Waals surface area contributed by atoms with Crippen LogP contribution in [0.1, 0.15) is 32.4 Å². The highest BCUT2D eigenvalue weighted by Gasteiger charge is 2.52. The van der Waals surface area contributed by atoms with Gasteiger partial charge in [0.25, 0.3) is 0 Å². The zero-order chi connectivity index (χ0) is 19.4. The number of carbonyl (C=O) groups excluding carboxylic acids is 2. The van der Waals surface area contributed by atoms with E-state index >= 15 is 0 Å². The maximum atomic E-state index is 12.9. The summed E-state index contributed by atoms with van der Waals surface area (Å²) in [6, 6.07) is 20.2. The zero-order valence-electron chi connectivity index (χ0n) is 15.9. The van der Waals surface area contributed by atoms with Crippen LogP contribution in [0, 0.1) is 5.92 Å². The van der Waals surface area contributed by atoms with Gasteiger partial charge in [0.1, 0.15) is 6.10 Å². The Balaban J connectivity index is 1.78. The molecule has 4 atom stereocenters. The summed E-state index contributed by atoms with van der Waals surface area (Å²) in [4.78, 5) is 27.4. The van der Waals surface area contributed by atoms with Crippen molar-refractivity contribution in [1.29, 1.82) is 0 Å². The van der Waals surface area contributed by atoms with Crippen molar-refractivity contribution >= 4 is 23.6 Å². The number of esters is 1. The van der Waals surface area contributed by atoms with E-state index in [1.807, 2.05) is 60.4 Å². The Labute approximate surface area is 164 Å². The quantitative estimate of drug-likeness (QED) is 0.406. The Morgan fingerprint density at radius 1 is 1.07 bits per heavy atom. The van der Waals surface area contributed by atoms with Crippen molar-refractivity contribution in [2.45, 2.75) is 43.9 Å². The average molecular weight is 384 g/mol. The Bertz CT molecular complexity index is 781. The molecule has 0 bridgehead atoms. The van der Waals surface area contributed by atoms with Crippen LogP contribution in [-0.4, -0.2) is 34.7 Å². The molecule has 1 aliphatic heterocycles. The van der Waals surface area contributed by atoms with Crippen molar-refractivity contribution in [1.82, 2.24) is 4.90 Å². The molecule has 0 spiro atoms. The molecule has 0 aliphatic carbocycles. The topological polar surface area (TPSA) is 46.6 Å². The number of benzene rings is 2. The van der Waals surface area contributed by atoms with E-state index < -0.39 is 6.10 Å². The van der Waals surface area contributed by atoms with Crippen LogP contribution in [0.2, 0.25) is 0 Å². The Morgan fingerprint density at radius 3 is 2.26 bits per heavy atom. The van der Waals surface area contributed by atoms with Crippen LogP contribution in [0.5, 0.6) is 0 Å². The Kier molecular flexibility index (Phi) is 6.22. The number of amides is 1. The maximum absolute atomic E-state index is 12.9. The van der Waals surface area contributed by atoms with Gasteiger partial charge in [-0.2, -0.15) is 0 Å². The van der Waals surface area contributed by atoms with Crippen LogP contribution in [0.25, 0.3) is 0 Å². The van der Waals surface area contributed by atoms with E-state index in [1.165, 1.54) is 11.8 Å². The molecule has 1 heterocycles. The van der Waals surface area contributed by atoms with E-state index in [2.05, 4.69) is 19.1 Å². The lowest BCUT2D eigenvalue weighted by molar-refractivity contribution is -0.173. The number of ether oxygens (including phenoxy) is 1. The van der Waals surface area contributed by atoms with Crippen molar-refractivity contribution in [3.63, 3.8) is 0 Å². The van der Waals surface area contributed by atoms with E-state index in [1.54, 1.807) is 11.8 Å². The second kappa shape index (κ2) is 8.61. The summed E-state index contributed by atoms with van der Waals surface area (Å²) in [6.07, 6.45) is -0.421. The minimum atomic E-state index is -0.421. The number of rotatable bonds is 7. The molecular formula is C22H25NO3S. The molecule has 27 heavy (non-hydrogen) atoms. The third kappa shape index (κ3) is 4.35. The van der Waals surface area contributed by atoms with Gasteiger partial charge in [-0.1, -0.05) is 48.5 Å². The van der Waals surface area contributed by atoms with Crippen molar-refractivity contribution in [3.05, 3.63) is 66.2 Å². The predicted octanol–water partition coefficient (Wildman–Crippen LogP) is 4.32. The molecule has 0 aromatic heterocycles. The molecule has 0 saturated carbocycles. The highest BCUT2D eigenvalue weighted by Crippen LogP contribution is 2.40. The first-order chi connectivity index (χ1) is 13.0. The molecule has 0 N–H and O–H groups in total. The van der Waals surface area contributed by atoms with Crippen molar-refractivity contribution in [2.75, 3.05) is 5.75 Å². The highest BCUT2D eigenvalue weighted by molar-refractivity contribution is 7.99. The fourth-order valence-corrected chi connectivity index (χ4v) is 4.77. The van der Waals surface area contributed by atoms with Gasteiger partial charge >= 0.3 is 5.97 Å². The predicted molar refractivity (Wildman–Crippen MR) is 107 cm³/mol. The minimum Gasteiger partial charge on any atom is -0.462 e. The van der Waals surface area contributed by atoms with Crippen molar-refractivity contribution in [3.8, 4) is 0 Å². The number of carbonyl (C=O) groups is 2. The lowest BCUT2D eigenvalue weighted by atomic mass is 9.82. The van der Waals surface area contributed by atoms with Gasteiger partial charge in [0.15, 0.2) is 0 Å².